The second-order valence-corrected chi connectivity index (χ2v) is 7.74. The molecule has 0 saturated heterocycles. The van der Waals surface area contributed by atoms with Gasteiger partial charge in [-0.1, -0.05) is 31.2 Å². The number of thiophene rings is 1. The second kappa shape index (κ2) is 9.84. The summed E-state index contributed by atoms with van der Waals surface area (Å²) in [6.07, 6.45) is 0.810. The number of carbonyl (C=O) groups is 3. The first-order chi connectivity index (χ1) is 14.5. The Bertz CT molecular complexity index is 1050. The predicted molar refractivity (Wildman–Crippen MR) is 120 cm³/mol. The van der Waals surface area contributed by atoms with Gasteiger partial charge < -0.3 is 16.0 Å². The van der Waals surface area contributed by atoms with E-state index in [2.05, 4.69) is 16.0 Å². The van der Waals surface area contributed by atoms with Gasteiger partial charge in [0.1, 0.15) is 0 Å². The van der Waals surface area contributed by atoms with Crippen molar-refractivity contribution in [1.82, 2.24) is 5.32 Å². The molecule has 1 aromatic heterocycles. The maximum atomic E-state index is 12.8. The van der Waals surface area contributed by atoms with Crippen LogP contribution in [0.5, 0.6) is 0 Å². The van der Waals surface area contributed by atoms with Crippen molar-refractivity contribution in [3.05, 3.63) is 82.0 Å². The van der Waals surface area contributed by atoms with Crippen molar-refractivity contribution in [3.63, 3.8) is 0 Å². The summed E-state index contributed by atoms with van der Waals surface area (Å²) in [5.41, 5.74) is 1.71. The van der Waals surface area contributed by atoms with Crippen LogP contribution in [0.25, 0.3) is 0 Å². The Hall–Kier alpha value is -3.45. The zero-order chi connectivity index (χ0) is 21.5. The minimum Gasteiger partial charge on any atom is -0.350 e. The third-order valence-electron chi connectivity index (χ3n) is 4.54. The highest BCUT2D eigenvalue weighted by atomic mass is 32.1. The van der Waals surface area contributed by atoms with E-state index in [1.54, 1.807) is 60.7 Å². The van der Waals surface area contributed by atoms with E-state index in [1.165, 1.54) is 11.3 Å². The van der Waals surface area contributed by atoms with Crippen LogP contribution in [0.2, 0.25) is 0 Å². The molecule has 3 N–H and O–H groups in total. The van der Waals surface area contributed by atoms with Gasteiger partial charge in [-0.15, -0.1) is 11.3 Å². The molecule has 0 radical (unpaired) electrons. The second-order valence-electron chi connectivity index (χ2n) is 6.79. The lowest BCUT2D eigenvalue weighted by Crippen LogP contribution is -2.32. The monoisotopic (exact) mass is 421 g/mol. The van der Waals surface area contributed by atoms with Crippen LogP contribution in [0.1, 0.15) is 50.7 Å². The molecule has 0 aliphatic heterocycles. The van der Waals surface area contributed by atoms with E-state index in [1.807, 2.05) is 19.2 Å². The number of hydrogen-bond acceptors (Lipinski definition) is 4. The molecule has 1 atom stereocenters. The average Bonchev–Trinajstić information content (AvgIpc) is 3.29. The molecule has 3 amide bonds. The predicted octanol–water partition coefficient (Wildman–Crippen LogP) is 4.78. The number of amides is 3. The van der Waals surface area contributed by atoms with Gasteiger partial charge in [0.05, 0.1) is 16.1 Å². The van der Waals surface area contributed by atoms with E-state index in [-0.39, 0.29) is 23.8 Å². The summed E-state index contributed by atoms with van der Waals surface area (Å²) in [5.74, 6) is -0.835. The molecule has 1 unspecified atom stereocenters. The zero-order valence-corrected chi connectivity index (χ0v) is 17.6. The smallest absolute Gasteiger partial charge is 0.265 e. The number of para-hydroxylation sites is 1. The molecule has 6 nitrogen and oxygen atoms in total. The fraction of sp³-hybridized carbons (Fsp3) is 0.174. The number of hydrogen-bond donors (Lipinski definition) is 3. The van der Waals surface area contributed by atoms with Gasteiger partial charge in [0.15, 0.2) is 0 Å². The largest absolute Gasteiger partial charge is 0.350 e. The van der Waals surface area contributed by atoms with Gasteiger partial charge >= 0.3 is 0 Å². The summed E-state index contributed by atoms with van der Waals surface area (Å²) >= 11 is 1.34. The maximum absolute atomic E-state index is 12.8. The number of rotatable bonds is 7. The Morgan fingerprint density at radius 3 is 2.43 bits per heavy atom. The number of carbonyl (C=O) groups excluding carboxylic acids is 3. The first kappa shape index (κ1) is 21.3. The van der Waals surface area contributed by atoms with E-state index in [0.29, 0.717) is 27.4 Å². The summed E-state index contributed by atoms with van der Waals surface area (Å²) in [4.78, 5) is 38.1. The lowest BCUT2D eigenvalue weighted by Gasteiger charge is -2.15. The third-order valence-corrected chi connectivity index (χ3v) is 5.41. The Labute approximate surface area is 179 Å². The normalized spacial score (nSPS) is 11.4. The quantitative estimate of drug-likeness (QED) is 0.513. The summed E-state index contributed by atoms with van der Waals surface area (Å²) in [5, 5.41) is 10.3. The molecule has 3 rings (SSSR count). The molecule has 0 fully saturated rings. The summed E-state index contributed by atoms with van der Waals surface area (Å²) in [6, 6.07) is 17.1. The number of anilines is 2. The van der Waals surface area contributed by atoms with E-state index in [4.69, 9.17) is 0 Å². The van der Waals surface area contributed by atoms with Crippen molar-refractivity contribution < 1.29 is 14.4 Å². The number of nitrogens with one attached hydrogen (secondary N) is 3. The van der Waals surface area contributed by atoms with Crippen molar-refractivity contribution in [2.75, 3.05) is 10.6 Å². The van der Waals surface area contributed by atoms with Crippen LogP contribution < -0.4 is 16.0 Å². The molecule has 0 bridgehead atoms. The molecule has 0 aliphatic carbocycles. The van der Waals surface area contributed by atoms with E-state index >= 15 is 0 Å². The Morgan fingerprint density at radius 2 is 1.70 bits per heavy atom. The van der Waals surface area contributed by atoms with Crippen LogP contribution in [0, 0.1) is 0 Å². The molecule has 2 aromatic carbocycles. The molecular formula is C23H23N3O3S. The first-order valence-corrected chi connectivity index (χ1v) is 10.5. The van der Waals surface area contributed by atoms with E-state index < -0.39 is 0 Å². The molecule has 154 valence electrons. The fourth-order valence-electron chi connectivity index (χ4n) is 2.73. The molecule has 0 saturated carbocycles. The van der Waals surface area contributed by atoms with Gasteiger partial charge in [0.25, 0.3) is 17.7 Å². The highest BCUT2D eigenvalue weighted by Crippen LogP contribution is 2.19. The van der Waals surface area contributed by atoms with Gasteiger partial charge in [-0.2, -0.15) is 0 Å². The van der Waals surface area contributed by atoms with Gasteiger partial charge in [-0.3, -0.25) is 14.4 Å². The SMILES string of the molecule is CCC(C)NC(=O)c1ccccc1NC(=O)c1cccc(NC(=O)c2cccs2)c1. The molecule has 0 spiro atoms. The van der Waals surface area contributed by atoms with Crippen molar-refractivity contribution in [3.8, 4) is 0 Å². The molecule has 1 heterocycles. The number of benzene rings is 2. The Morgan fingerprint density at radius 1 is 0.900 bits per heavy atom. The molecule has 3 aromatic rings. The molecule has 30 heavy (non-hydrogen) atoms. The first-order valence-electron chi connectivity index (χ1n) is 9.64. The van der Waals surface area contributed by atoms with Gasteiger partial charge in [0, 0.05) is 17.3 Å². The lowest BCUT2D eigenvalue weighted by atomic mass is 10.1. The van der Waals surface area contributed by atoms with Crippen molar-refractivity contribution >= 4 is 40.4 Å². The zero-order valence-electron chi connectivity index (χ0n) is 16.8. The third kappa shape index (κ3) is 5.33. The van der Waals surface area contributed by atoms with Gasteiger partial charge in [-0.25, -0.2) is 0 Å². The van der Waals surface area contributed by atoms with Gasteiger partial charge in [-0.05, 0) is 55.1 Å². The summed E-state index contributed by atoms with van der Waals surface area (Å²) < 4.78 is 0. The van der Waals surface area contributed by atoms with E-state index in [0.717, 1.165) is 6.42 Å². The van der Waals surface area contributed by atoms with Crippen LogP contribution in [0.3, 0.4) is 0 Å². The van der Waals surface area contributed by atoms with Crippen LogP contribution in [0.15, 0.2) is 66.0 Å². The van der Waals surface area contributed by atoms with Crippen LogP contribution >= 0.6 is 11.3 Å². The van der Waals surface area contributed by atoms with Crippen molar-refractivity contribution in [1.29, 1.82) is 0 Å². The highest BCUT2D eigenvalue weighted by molar-refractivity contribution is 7.12. The van der Waals surface area contributed by atoms with E-state index in [9.17, 15) is 14.4 Å². The van der Waals surface area contributed by atoms with Crippen molar-refractivity contribution in [2.45, 2.75) is 26.3 Å². The summed E-state index contributed by atoms with van der Waals surface area (Å²) in [7, 11) is 0. The fourth-order valence-corrected chi connectivity index (χ4v) is 3.35. The standard InChI is InChI=1S/C23H23N3O3S/c1-3-15(2)24-22(28)18-10-4-5-11-19(18)26-21(27)16-8-6-9-17(14-16)25-23(29)20-12-7-13-30-20/h4-15H,3H2,1-2H3,(H,24,28)(H,25,29)(H,26,27). The summed E-state index contributed by atoms with van der Waals surface area (Å²) in [6.45, 7) is 3.91. The van der Waals surface area contributed by atoms with Crippen LogP contribution in [-0.4, -0.2) is 23.8 Å². The average molecular weight is 422 g/mol. The minimum absolute atomic E-state index is 0.0323. The Balaban J connectivity index is 1.74. The maximum Gasteiger partial charge on any atom is 0.265 e. The molecule has 7 heteroatoms. The van der Waals surface area contributed by atoms with Crippen LogP contribution in [0.4, 0.5) is 11.4 Å². The van der Waals surface area contributed by atoms with Crippen molar-refractivity contribution in [2.24, 2.45) is 0 Å². The Kier molecular flexibility index (Phi) is 6.98. The topological polar surface area (TPSA) is 87.3 Å². The van der Waals surface area contributed by atoms with Crippen LogP contribution in [-0.2, 0) is 0 Å². The highest BCUT2D eigenvalue weighted by Gasteiger charge is 2.16. The minimum atomic E-state index is -0.369. The molecule has 0 aliphatic rings. The lowest BCUT2D eigenvalue weighted by molar-refractivity contribution is 0.0939. The molecular weight excluding hydrogens is 398 g/mol. The van der Waals surface area contributed by atoms with Gasteiger partial charge in [0.2, 0.25) is 0 Å².